The van der Waals surface area contributed by atoms with Crippen LogP contribution in [0.15, 0.2) is 30.5 Å². The molecule has 0 saturated heterocycles. The minimum Gasteiger partial charge on any atom is -0.422 e. The highest BCUT2D eigenvalue weighted by Gasteiger charge is 2.19. The number of nitrogens with zero attached hydrogens (tertiary/aromatic N) is 4. The third-order valence-corrected chi connectivity index (χ3v) is 4.05. The molecule has 0 spiro atoms. The van der Waals surface area contributed by atoms with Crippen LogP contribution in [0.2, 0.25) is 0 Å². The summed E-state index contributed by atoms with van der Waals surface area (Å²) >= 11 is 0. The number of aryl methyl sites for hydroxylation is 2. The van der Waals surface area contributed by atoms with E-state index in [1.165, 1.54) is 12.1 Å². The number of pyridine rings is 1. The van der Waals surface area contributed by atoms with Gasteiger partial charge in [0.05, 0.1) is 28.4 Å². The topological polar surface area (TPSA) is 100 Å². The van der Waals surface area contributed by atoms with Crippen LogP contribution in [0, 0.1) is 24.0 Å². The summed E-state index contributed by atoms with van der Waals surface area (Å²) in [4.78, 5) is 27.5. The van der Waals surface area contributed by atoms with Gasteiger partial charge in [0.2, 0.25) is 0 Å². The van der Waals surface area contributed by atoms with Crippen molar-refractivity contribution in [3.8, 4) is 5.75 Å². The number of carbonyl (C=O) groups is 1. The van der Waals surface area contributed by atoms with E-state index in [1.54, 1.807) is 36.9 Å². The van der Waals surface area contributed by atoms with Crippen molar-refractivity contribution in [1.82, 2.24) is 14.8 Å². The molecule has 8 heteroatoms. The molecule has 2 heterocycles. The van der Waals surface area contributed by atoms with Crippen molar-refractivity contribution >= 4 is 22.7 Å². The smallest absolute Gasteiger partial charge is 0.345 e. The van der Waals surface area contributed by atoms with E-state index >= 15 is 0 Å². The molecule has 0 aliphatic carbocycles. The molecule has 0 radical (unpaired) electrons. The molecule has 0 atom stereocenters. The molecule has 26 heavy (non-hydrogen) atoms. The first-order valence-corrected chi connectivity index (χ1v) is 8.10. The van der Waals surface area contributed by atoms with E-state index in [0.717, 1.165) is 5.39 Å². The number of fused-ring (bicyclic) bond motifs is 1. The molecule has 134 valence electrons. The predicted octanol–water partition coefficient (Wildman–Crippen LogP) is 3.76. The number of nitro benzene ring substituents is 1. The Labute approximate surface area is 149 Å². The van der Waals surface area contributed by atoms with Gasteiger partial charge >= 0.3 is 5.97 Å². The van der Waals surface area contributed by atoms with Gasteiger partial charge in [-0.2, -0.15) is 5.10 Å². The highest BCUT2D eigenvalue weighted by molar-refractivity contribution is 5.95. The Balaban J connectivity index is 1.97. The SMILES string of the molecule is Cc1ccc([N+](=O)[O-])cc1OC(=O)c1cc2cnn(C(C)C)c2nc1C. The average Bonchev–Trinajstić information content (AvgIpc) is 2.98. The summed E-state index contributed by atoms with van der Waals surface area (Å²) in [5, 5.41) is 15.9. The van der Waals surface area contributed by atoms with Gasteiger partial charge in [0.15, 0.2) is 5.65 Å². The third kappa shape index (κ3) is 3.13. The van der Waals surface area contributed by atoms with Crippen LogP contribution in [0.5, 0.6) is 5.75 Å². The third-order valence-electron chi connectivity index (χ3n) is 4.05. The standard InChI is InChI=1S/C18H18N4O4/c1-10(2)21-17-13(9-19-21)7-15(12(4)20-17)18(23)26-16-8-14(22(24)25)6-5-11(16)3/h5-10H,1-4H3. The Hall–Kier alpha value is -3.29. The molecule has 0 unspecified atom stereocenters. The summed E-state index contributed by atoms with van der Waals surface area (Å²) in [7, 11) is 0. The summed E-state index contributed by atoms with van der Waals surface area (Å²) in [5.41, 5.74) is 1.99. The lowest BCUT2D eigenvalue weighted by molar-refractivity contribution is -0.384. The summed E-state index contributed by atoms with van der Waals surface area (Å²) < 4.78 is 7.18. The highest BCUT2D eigenvalue weighted by atomic mass is 16.6. The molecule has 0 aliphatic heterocycles. The number of aromatic nitrogens is 3. The van der Waals surface area contributed by atoms with Gasteiger partial charge in [0.25, 0.3) is 5.69 Å². The quantitative estimate of drug-likeness (QED) is 0.306. The van der Waals surface area contributed by atoms with Crippen molar-refractivity contribution in [3.63, 3.8) is 0 Å². The monoisotopic (exact) mass is 354 g/mol. The van der Waals surface area contributed by atoms with Crippen molar-refractivity contribution < 1.29 is 14.5 Å². The molecule has 3 aromatic rings. The Bertz CT molecular complexity index is 1020. The highest BCUT2D eigenvalue weighted by Crippen LogP contribution is 2.26. The zero-order chi connectivity index (χ0) is 19.0. The number of nitro groups is 1. The average molecular weight is 354 g/mol. The van der Waals surface area contributed by atoms with Gasteiger partial charge in [-0.1, -0.05) is 0 Å². The van der Waals surface area contributed by atoms with E-state index in [9.17, 15) is 14.9 Å². The number of rotatable bonds is 4. The second kappa shape index (κ2) is 6.55. The fraction of sp³-hybridized carbons (Fsp3) is 0.278. The van der Waals surface area contributed by atoms with E-state index in [1.807, 2.05) is 13.8 Å². The fourth-order valence-electron chi connectivity index (χ4n) is 2.62. The lowest BCUT2D eigenvalue weighted by atomic mass is 10.1. The molecule has 0 amide bonds. The fourth-order valence-corrected chi connectivity index (χ4v) is 2.62. The maximum Gasteiger partial charge on any atom is 0.345 e. The lowest BCUT2D eigenvalue weighted by Crippen LogP contribution is -2.13. The van der Waals surface area contributed by atoms with E-state index in [0.29, 0.717) is 22.5 Å². The molecular weight excluding hydrogens is 336 g/mol. The number of ether oxygens (including phenoxy) is 1. The van der Waals surface area contributed by atoms with E-state index in [-0.39, 0.29) is 17.5 Å². The summed E-state index contributed by atoms with van der Waals surface area (Å²) in [5.74, 6) is -0.459. The Morgan fingerprint density at radius 1 is 1.27 bits per heavy atom. The minimum atomic E-state index is -0.613. The first kappa shape index (κ1) is 17.5. The predicted molar refractivity (Wildman–Crippen MR) is 95.4 cm³/mol. The molecule has 1 aromatic carbocycles. The zero-order valence-corrected chi connectivity index (χ0v) is 14.9. The Morgan fingerprint density at radius 2 is 2.00 bits per heavy atom. The van der Waals surface area contributed by atoms with Gasteiger partial charge in [0, 0.05) is 17.5 Å². The molecule has 0 saturated carbocycles. The minimum absolute atomic E-state index is 0.137. The number of benzene rings is 1. The maximum absolute atomic E-state index is 12.6. The molecule has 0 bridgehead atoms. The van der Waals surface area contributed by atoms with E-state index in [4.69, 9.17) is 4.74 Å². The van der Waals surface area contributed by atoms with E-state index < -0.39 is 10.9 Å². The molecule has 8 nitrogen and oxygen atoms in total. The van der Waals surface area contributed by atoms with Crippen LogP contribution >= 0.6 is 0 Å². The normalized spacial score (nSPS) is 11.1. The van der Waals surface area contributed by atoms with Crippen LogP contribution in [-0.4, -0.2) is 25.7 Å². The van der Waals surface area contributed by atoms with Crippen LogP contribution in [0.1, 0.15) is 41.5 Å². The maximum atomic E-state index is 12.6. The van der Waals surface area contributed by atoms with Gasteiger partial charge in [-0.3, -0.25) is 10.1 Å². The number of hydrogen-bond donors (Lipinski definition) is 0. The molecular formula is C18H18N4O4. The lowest BCUT2D eigenvalue weighted by Gasteiger charge is -2.10. The van der Waals surface area contributed by atoms with Crippen molar-refractivity contribution in [2.24, 2.45) is 0 Å². The Morgan fingerprint density at radius 3 is 2.65 bits per heavy atom. The molecule has 0 aliphatic rings. The van der Waals surface area contributed by atoms with Crippen molar-refractivity contribution in [2.45, 2.75) is 33.7 Å². The first-order chi connectivity index (χ1) is 12.3. The van der Waals surface area contributed by atoms with Crippen LogP contribution in [0.3, 0.4) is 0 Å². The van der Waals surface area contributed by atoms with Gasteiger partial charge in [-0.25, -0.2) is 14.5 Å². The molecule has 0 fully saturated rings. The van der Waals surface area contributed by atoms with Gasteiger partial charge in [0.1, 0.15) is 5.75 Å². The number of carbonyl (C=O) groups excluding carboxylic acids is 1. The second-order valence-electron chi connectivity index (χ2n) is 6.31. The van der Waals surface area contributed by atoms with Gasteiger partial charge in [-0.15, -0.1) is 0 Å². The van der Waals surface area contributed by atoms with Gasteiger partial charge < -0.3 is 4.74 Å². The van der Waals surface area contributed by atoms with Crippen molar-refractivity contribution in [3.05, 3.63) is 57.4 Å². The van der Waals surface area contributed by atoms with Crippen LogP contribution < -0.4 is 4.74 Å². The number of esters is 1. The van der Waals surface area contributed by atoms with Crippen LogP contribution in [-0.2, 0) is 0 Å². The summed E-state index contributed by atoms with van der Waals surface area (Å²) in [6, 6.07) is 5.97. The van der Waals surface area contributed by atoms with Crippen molar-refractivity contribution in [2.75, 3.05) is 0 Å². The zero-order valence-electron chi connectivity index (χ0n) is 14.9. The first-order valence-electron chi connectivity index (χ1n) is 8.10. The second-order valence-corrected chi connectivity index (χ2v) is 6.31. The van der Waals surface area contributed by atoms with Crippen LogP contribution in [0.25, 0.3) is 11.0 Å². The molecule has 3 rings (SSSR count). The number of hydrogen-bond acceptors (Lipinski definition) is 6. The Kier molecular flexibility index (Phi) is 4.41. The van der Waals surface area contributed by atoms with Gasteiger partial charge in [-0.05, 0) is 45.4 Å². The summed E-state index contributed by atoms with van der Waals surface area (Å²) in [6.45, 7) is 7.43. The van der Waals surface area contributed by atoms with E-state index in [2.05, 4.69) is 10.1 Å². The number of non-ortho nitro benzene ring substituents is 1. The van der Waals surface area contributed by atoms with Crippen molar-refractivity contribution in [1.29, 1.82) is 0 Å². The van der Waals surface area contributed by atoms with Crippen LogP contribution in [0.4, 0.5) is 5.69 Å². The molecule has 2 aromatic heterocycles. The molecule has 0 N–H and O–H groups in total. The largest absolute Gasteiger partial charge is 0.422 e. The summed E-state index contributed by atoms with van der Waals surface area (Å²) in [6.07, 6.45) is 1.65.